The van der Waals surface area contributed by atoms with E-state index in [0.717, 1.165) is 0 Å². The molecule has 92 valence electrons. The van der Waals surface area contributed by atoms with Crippen molar-refractivity contribution in [2.45, 2.75) is 25.4 Å². The van der Waals surface area contributed by atoms with Crippen LogP contribution in [-0.4, -0.2) is 48.1 Å². The van der Waals surface area contributed by atoms with E-state index in [9.17, 15) is 9.90 Å². The van der Waals surface area contributed by atoms with Crippen LogP contribution in [0.5, 0.6) is 0 Å². The van der Waals surface area contributed by atoms with E-state index >= 15 is 0 Å². The SMILES string of the molecule is CCC(=CCNCC1(O)CCOC1)C(=O)O. The van der Waals surface area contributed by atoms with Crippen LogP contribution in [0.15, 0.2) is 11.6 Å². The highest BCUT2D eigenvalue weighted by Gasteiger charge is 2.31. The van der Waals surface area contributed by atoms with Gasteiger partial charge in [0.05, 0.1) is 6.61 Å². The summed E-state index contributed by atoms with van der Waals surface area (Å²) in [6.07, 6.45) is 2.77. The van der Waals surface area contributed by atoms with Crippen LogP contribution in [-0.2, 0) is 9.53 Å². The Hall–Kier alpha value is -0.910. The molecule has 1 saturated heterocycles. The fourth-order valence-corrected chi connectivity index (χ4v) is 1.62. The van der Waals surface area contributed by atoms with Crippen LogP contribution in [0.2, 0.25) is 0 Å². The van der Waals surface area contributed by atoms with Crippen LogP contribution in [0.3, 0.4) is 0 Å². The van der Waals surface area contributed by atoms with Gasteiger partial charge in [0.15, 0.2) is 0 Å². The monoisotopic (exact) mass is 229 g/mol. The van der Waals surface area contributed by atoms with Crippen LogP contribution in [0, 0.1) is 0 Å². The minimum Gasteiger partial charge on any atom is -0.478 e. The first-order valence-corrected chi connectivity index (χ1v) is 5.50. The van der Waals surface area contributed by atoms with E-state index in [4.69, 9.17) is 9.84 Å². The molecule has 0 saturated carbocycles. The topological polar surface area (TPSA) is 78.8 Å². The fraction of sp³-hybridized carbons (Fsp3) is 0.727. The number of nitrogens with one attached hydrogen (secondary N) is 1. The van der Waals surface area contributed by atoms with Crippen LogP contribution in [0.4, 0.5) is 0 Å². The summed E-state index contributed by atoms with van der Waals surface area (Å²) in [7, 11) is 0. The maximum Gasteiger partial charge on any atom is 0.331 e. The zero-order chi connectivity index (χ0) is 12.0. The molecule has 1 heterocycles. The van der Waals surface area contributed by atoms with E-state index in [0.29, 0.717) is 44.7 Å². The van der Waals surface area contributed by atoms with Gasteiger partial charge in [-0.25, -0.2) is 4.79 Å². The van der Waals surface area contributed by atoms with Gasteiger partial charge in [-0.3, -0.25) is 0 Å². The molecule has 0 amide bonds. The third-order valence-electron chi connectivity index (χ3n) is 2.68. The molecule has 0 aliphatic carbocycles. The molecule has 0 aromatic carbocycles. The predicted molar refractivity (Wildman–Crippen MR) is 59.3 cm³/mol. The van der Waals surface area contributed by atoms with Crippen molar-refractivity contribution >= 4 is 5.97 Å². The molecule has 1 rings (SSSR count). The minimum absolute atomic E-state index is 0.350. The molecule has 0 aromatic heterocycles. The van der Waals surface area contributed by atoms with Crippen LogP contribution < -0.4 is 5.32 Å². The molecule has 1 fully saturated rings. The standard InChI is InChI=1S/C11H19NO4/c1-2-9(10(13)14)3-5-12-7-11(15)4-6-16-8-11/h3,12,15H,2,4-8H2,1H3,(H,13,14). The third-order valence-corrected chi connectivity index (χ3v) is 2.68. The summed E-state index contributed by atoms with van der Waals surface area (Å²) in [5.74, 6) is -0.882. The zero-order valence-corrected chi connectivity index (χ0v) is 9.53. The van der Waals surface area contributed by atoms with Gasteiger partial charge in [-0.1, -0.05) is 13.0 Å². The molecule has 5 heteroatoms. The van der Waals surface area contributed by atoms with Crippen molar-refractivity contribution < 1.29 is 19.7 Å². The number of aliphatic carboxylic acids is 1. The second kappa shape index (κ2) is 5.98. The maximum atomic E-state index is 10.7. The molecule has 1 aliphatic heterocycles. The van der Waals surface area contributed by atoms with E-state index in [1.807, 2.05) is 0 Å². The normalized spacial score (nSPS) is 26.0. The summed E-state index contributed by atoms with van der Waals surface area (Å²) in [4.78, 5) is 10.7. The van der Waals surface area contributed by atoms with Crippen molar-refractivity contribution in [3.8, 4) is 0 Å². The van der Waals surface area contributed by atoms with Crippen LogP contribution in [0.25, 0.3) is 0 Å². The first kappa shape index (κ1) is 13.2. The maximum absolute atomic E-state index is 10.7. The second-order valence-corrected chi connectivity index (χ2v) is 4.05. The molecule has 5 nitrogen and oxygen atoms in total. The van der Waals surface area contributed by atoms with Gasteiger partial charge in [0.25, 0.3) is 0 Å². The highest BCUT2D eigenvalue weighted by Crippen LogP contribution is 2.16. The summed E-state index contributed by atoms with van der Waals surface area (Å²) in [6, 6.07) is 0. The quantitative estimate of drug-likeness (QED) is 0.446. The van der Waals surface area contributed by atoms with Gasteiger partial charge < -0.3 is 20.3 Å². The number of carbonyl (C=O) groups is 1. The lowest BCUT2D eigenvalue weighted by atomic mass is 10.0. The van der Waals surface area contributed by atoms with Crippen molar-refractivity contribution in [1.29, 1.82) is 0 Å². The highest BCUT2D eigenvalue weighted by molar-refractivity contribution is 5.86. The summed E-state index contributed by atoms with van der Waals surface area (Å²) >= 11 is 0. The third kappa shape index (κ3) is 3.92. The number of carboxylic acids is 1. The van der Waals surface area contributed by atoms with Crippen LogP contribution in [0.1, 0.15) is 19.8 Å². The Morgan fingerprint density at radius 1 is 1.62 bits per heavy atom. The Balaban J connectivity index is 2.27. The van der Waals surface area contributed by atoms with Crippen molar-refractivity contribution in [1.82, 2.24) is 5.32 Å². The number of hydrogen-bond acceptors (Lipinski definition) is 4. The molecule has 1 unspecified atom stereocenters. The van der Waals surface area contributed by atoms with E-state index < -0.39 is 11.6 Å². The molecule has 0 spiro atoms. The first-order valence-electron chi connectivity index (χ1n) is 5.50. The summed E-state index contributed by atoms with van der Waals surface area (Å²) in [6.45, 7) is 3.63. The lowest BCUT2D eigenvalue weighted by molar-refractivity contribution is -0.132. The minimum atomic E-state index is -0.882. The van der Waals surface area contributed by atoms with Gasteiger partial charge in [0.1, 0.15) is 5.60 Å². The summed E-state index contributed by atoms with van der Waals surface area (Å²) in [5, 5.41) is 21.7. The molecular weight excluding hydrogens is 210 g/mol. The van der Waals surface area contributed by atoms with Crippen LogP contribution >= 0.6 is 0 Å². The predicted octanol–water partition coefficient (Wildman–Crippen LogP) is 0.148. The Kier molecular flexibility index (Phi) is 4.92. The number of carboxylic acid groups (broad SMARTS) is 1. The van der Waals surface area contributed by atoms with Crippen molar-refractivity contribution in [2.75, 3.05) is 26.3 Å². The fourth-order valence-electron chi connectivity index (χ4n) is 1.62. The molecule has 0 bridgehead atoms. The lowest BCUT2D eigenvalue weighted by Gasteiger charge is -2.20. The molecule has 0 radical (unpaired) electrons. The Morgan fingerprint density at radius 2 is 2.38 bits per heavy atom. The molecular formula is C11H19NO4. The van der Waals surface area contributed by atoms with E-state index in [2.05, 4.69) is 5.32 Å². The van der Waals surface area contributed by atoms with E-state index in [1.54, 1.807) is 13.0 Å². The first-order chi connectivity index (χ1) is 7.57. The van der Waals surface area contributed by atoms with Gasteiger partial charge in [-0.2, -0.15) is 0 Å². The largest absolute Gasteiger partial charge is 0.478 e. The second-order valence-electron chi connectivity index (χ2n) is 4.05. The van der Waals surface area contributed by atoms with E-state index in [-0.39, 0.29) is 0 Å². The molecule has 3 N–H and O–H groups in total. The Bertz CT molecular complexity index is 269. The van der Waals surface area contributed by atoms with Gasteiger partial charge in [-0.15, -0.1) is 0 Å². The average Bonchev–Trinajstić information content (AvgIpc) is 2.65. The molecule has 1 atom stereocenters. The number of rotatable bonds is 6. The zero-order valence-electron chi connectivity index (χ0n) is 9.53. The van der Waals surface area contributed by atoms with Crippen molar-refractivity contribution in [3.63, 3.8) is 0 Å². The van der Waals surface area contributed by atoms with Crippen molar-refractivity contribution in [2.24, 2.45) is 0 Å². The van der Waals surface area contributed by atoms with Gasteiger partial charge in [0, 0.05) is 31.7 Å². The summed E-state index contributed by atoms with van der Waals surface area (Å²) < 4.78 is 5.10. The van der Waals surface area contributed by atoms with E-state index in [1.165, 1.54) is 0 Å². The van der Waals surface area contributed by atoms with Gasteiger partial charge >= 0.3 is 5.97 Å². The average molecular weight is 229 g/mol. The molecule has 1 aliphatic rings. The van der Waals surface area contributed by atoms with Gasteiger partial charge in [0.2, 0.25) is 0 Å². The summed E-state index contributed by atoms with van der Waals surface area (Å²) in [5.41, 5.74) is -0.397. The number of ether oxygens (including phenoxy) is 1. The Morgan fingerprint density at radius 3 is 2.88 bits per heavy atom. The number of aliphatic hydroxyl groups is 1. The number of hydrogen-bond donors (Lipinski definition) is 3. The van der Waals surface area contributed by atoms with Gasteiger partial charge in [-0.05, 0) is 6.42 Å². The highest BCUT2D eigenvalue weighted by atomic mass is 16.5. The lowest BCUT2D eigenvalue weighted by Crippen LogP contribution is -2.41. The molecule has 0 aromatic rings. The Labute approximate surface area is 95.1 Å². The molecule has 16 heavy (non-hydrogen) atoms. The smallest absolute Gasteiger partial charge is 0.331 e. The van der Waals surface area contributed by atoms with Crippen molar-refractivity contribution in [3.05, 3.63) is 11.6 Å².